The molecule has 2 rings (SSSR count). The Bertz CT molecular complexity index is 340. The van der Waals surface area contributed by atoms with Crippen molar-refractivity contribution in [3.8, 4) is 0 Å². The fraction of sp³-hybridized carbons (Fsp3) is 0.364. The number of fused-ring (bicyclic) bond motifs is 1. The lowest BCUT2D eigenvalue weighted by molar-refractivity contribution is 0.728. The Morgan fingerprint density at radius 3 is 2.77 bits per heavy atom. The fourth-order valence-electron chi connectivity index (χ4n) is 1.55. The second-order valence-electron chi connectivity index (χ2n) is 3.66. The number of nitrogens with zero attached hydrogens (tertiary/aromatic N) is 1. The van der Waals surface area contributed by atoms with Crippen LogP contribution in [0.5, 0.6) is 0 Å². The van der Waals surface area contributed by atoms with Crippen molar-refractivity contribution in [1.82, 2.24) is 5.32 Å². The monoisotopic (exact) mass is 174 g/mol. The van der Waals surface area contributed by atoms with Crippen molar-refractivity contribution in [3.63, 3.8) is 0 Å². The number of aliphatic imine (C=N–C) groups is 1. The smallest absolute Gasteiger partial charge is 0.107 e. The van der Waals surface area contributed by atoms with Crippen LogP contribution in [0.1, 0.15) is 19.4 Å². The molecule has 0 amide bonds. The fourth-order valence-corrected chi connectivity index (χ4v) is 1.55. The van der Waals surface area contributed by atoms with Crippen LogP contribution in [0.4, 0.5) is 5.69 Å². The first kappa shape index (κ1) is 8.30. The summed E-state index contributed by atoms with van der Waals surface area (Å²) in [6.45, 7) is 4.26. The van der Waals surface area contributed by atoms with Crippen molar-refractivity contribution < 1.29 is 0 Å². The van der Waals surface area contributed by atoms with E-state index in [1.54, 1.807) is 0 Å². The topological polar surface area (TPSA) is 24.4 Å². The third-order valence-electron chi connectivity index (χ3n) is 2.06. The van der Waals surface area contributed by atoms with E-state index in [1.165, 1.54) is 5.56 Å². The lowest BCUT2D eigenvalue weighted by atomic mass is 10.1. The molecule has 13 heavy (non-hydrogen) atoms. The predicted octanol–water partition coefficient (Wildman–Crippen LogP) is 2.27. The molecule has 0 aromatic heterocycles. The van der Waals surface area contributed by atoms with E-state index >= 15 is 0 Å². The number of benzene rings is 1. The molecule has 1 heterocycles. The van der Waals surface area contributed by atoms with E-state index in [4.69, 9.17) is 0 Å². The Labute approximate surface area is 78.7 Å². The van der Waals surface area contributed by atoms with Crippen molar-refractivity contribution in [3.05, 3.63) is 29.8 Å². The molecule has 1 aromatic rings. The van der Waals surface area contributed by atoms with Crippen LogP contribution >= 0.6 is 0 Å². The Morgan fingerprint density at radius 2 is 2.08 bits per heavy atom. The minimum absolute atomic E-state index is 0.466. The normalized spacial score (nSPS) is 14.2. The van der Waals surface area contributed by atoms with Gasteiger partial charge in [0.2, 0.25) is 0 Å². The first-order valence-corrected chi connectivity index (χ1v) is 4.68. The summed E-state index contributed by atoms with van der Waals surface area (Å²) in [5.74, 6) is 1.09. The Hall–Kier alpha value is -1.31. The van der Waals surface area contributed by atoms with E-state index < -0.39 is 0 Å². The van der Waals surface area contributed by atoms with Crippen LogP contribution < -0.4 is 5.32 Å². The standard InChI is InChI=1S/C11H14N2/c1-8(2)12-11-7-9-5-3-4-6-10(9)13-11/h3-6,8H,7H2,1-2H3,(H,12,13). The van der Waals surface area contributed by atoms with Gasteiger partial charge in [0.05, 0.1) is 5.69 Å². The van der Waals surface area contributed by atoms with Crippen LogP contribution in [0.25, 0.3) is 0 Å². The SMILES string of the molecule is CC(C)NC1=Nc2ccccc2C1. The van der Waals surface area contributed by atoms with Gasteiger partial charge in [0, 0.05) is 12.5 Å². The summed E-state index contributed by atoms with van der Waals surface area (Å²) in [6, 6.07) is 8.75. The van der Waals surface area contributed by atoms with Gasteiger partial charge in [-0.15, -0.1) is 0 Å². The zero-order valence-corrected chi connectivity index (χ0v) is 8.04. The summed E-state index contributed by atoms with van der Waals surface area (Å²) in [7, 11) is 0. The van der Waals surface area contributed by atoms with Gasteiger partial charge in [-0.3, -0.25) is 0 Å². The van der Waals surface area contributed by atoms with Gasteiger partial charge in [-0.1, -0.05) is 18.2 Å². The van der Waals surface area contributed by atoms with Gasteiger partial charge in [0.15, 0.2) is 0 Å². The van der Waals surface area contributed by atoms with E-state index in [9.17, 15) is 0 Å². The number of amidine groups is 1. The summed E-state index contributed by atoms with van der Waals surface area (Å²) in [5, 5.41) is 3.34. The first-order valence-electron chi connectivity index (χ1n) is 4.68. The molecular weight excluding hydrogens is 160 g/mol. The number of nitrogens with one attached hydrogen (secondary N) is 1. The van der Waals surface area contributed by atoms with Crippen molar-refractivity contribution >= 4 is 11.5 Å². The summed E-state index contributed by atoms with van der Waals surface area (Å²) >= 11 is 0. The minimum Gasteiger partial charge on any atom is -0.371 e. The van der Waals surface area contributed by atoms with Gasteiger partial charge in [0.25, 0.3) is 0 Å². The molecule has 1 N–H and O–H groups in total. The average molecular weight is 174 g/mol. The maximum atomic E-state index is 4.50. The summed E-state index contributed by atoms with van der Waals surface area (Å²) in [5.41, 5.74) is 2.44. The quantitative estimate of drug-likeness (QED) is 0.694. The molecule has 0 saturated heterocycles. The van der Waals surface area contributed by atoms with Crippen molar-refractivity contribution in [1.29, 1.82) is 0 Å². The van der Waals surface area contributed by atoms with Gasteiger partial charge in [0.1, 0.15) is 5.84 Å². The molecule has 1 aliphatic heterocycles. The third-order valence-corrected chi connectivity index (χ3v) is 2.06. The number of hydrogen-bond acceptors (Lipinski definition) is 2. The lowest BCUT2D eigenvalue weighted by Gasteiger charge is -2.07. The van der Waals surface area contributed by atoms with E-state index in [-0.39, 0.29) is 0 Å². The Morgan fingerprint density at radius 1 is 1.31 bits per heavy atom. The van der Waals surface area contributed by atoms with Crippen molar-refractivity contribution in [2.45, 2.75) is 26.3 Å². The average Bonchev–Trinajstić information content (AvgIpc) is 2.44. The van der Waals surface area contributed by atoms with E-state index in [2.05, 4.69) is 42.4 Å². The van der Waals surface area contributed by atoms with Crippen LogP contribution in [-0.2, 0) is 6.42 Å². The molecule has 2 heteroatoms. The van der Waals surface area contributed by atoms with Crippen LogP contribution in [0.2, 0.25) is 0 Å². The van der Waals surface area contributed by atoms with Crippen LogP contribution in [0, 0.1) is 0 Å². The Balaban J connectivity index is 2.17. The van der Waals surface area contributed by atoms with Crippen LogP contribution in [-0.4, -0.2) is 11.9 Å². The maximum Gasteiger partial charge on any atom is 0.107 e. The van der Waals surface area contributed by atoms with E-state index in [0.29, 0.717) is 6.04 Å². The zero-order valence-electron chi connectivity index (χ0n) is 8.04. The number of hydrogen-bond donors (Lipinski definition) is 1. The summed E-state index contributed by atoms with van der Waals surface area (Å²) < 4.78 is 0. The van der Waals surface area contributed by atoms with Crippen molar-refractivity contribution in [2.24, 2.45) is 4.99 Å². The summed E-state index contributed by atoms with van der Waals surface area (Å²) in [6.07, 6.45) is 0.953. The molecule has 0 unspecified atom stereocenters. The lowest BCUT2D eigenvalue weighted by Crippen LogP contribution is -2.30. The van der Waals surface area contributed by atoms with Crippen LogP contribution in [0.3, 0.4) is 0 Å². The molecule has 0 fully saturated rings. The number of para-hydroxylation sites is 1. The number of rotatable bonds is 1. The molecule has 0 radical (unpaired) electrons. The predicted molar refractivity (Wildman–Crippen MR) is 55.5 cm³/mol. The van der Waals surface area contributed by atoms with Gasteiger partial charge < -0.3 is 5.32 Å². The highest BCUT2D eigenvalue weighted by atomic mass is 15.0. The largest absolute Gasteiger partial charge is 0.371 e. The van der Waals surface area contributed by atoms with Gasteiger partial charge in [-0.05, 0) is 25.5 Å². The first-order chi connectivity index (χ1) is 6.25. The molecule has 0 atom stereocenters. The minimum atomic E-state index is 0.466. The van der Waals surface area contributed by atoms with Gasteiger partial charge >= 0.3 is 0 Å². The highest BCUT2D eigenvalue weighted by Crippen LogP contribution is 2.24. The summed E-state index contributed by atoms with van der Waals surface area (Å²) in [4.78, 5) is 4.50. The molecule has 0 spiro atoms. The molecular formula is C11H14N2. The van der Waals surface area contributed by atoms with E-state index in [1.807, 2.05) is 6.07 Å². The third kappa shape index (κ3) is 1.72. The van der Waals surface area contributed by atoms with Crippen LogP contribution in [0.15, 0.2) is 29.3 Å². The molecule has 0 saturated carbocycles. The molecule has 0 aliphatic carbocycles. The molecule has 1 aliphatic rings. The van der Waals surface area contributed by atoms with Gasteiger partial charge in [-0.25, -0.2) is 4.99 Å². The highest BCUT2D eigenvalue weighted by molar-refractivity contribution is 5.92. The zero-order chi connectivity index (χ0) is 9.26. The molecule has 68 valence electrons. The van der Waals surface area contributed by atoms with Crippen molar-refractivity contribution in [2.75, 3.05) is 0 Å². The van der Waals surface area contributed by atoms with E-state index in [0.717, 1.165) is 17.9 Å². The molecule has 2 nitrogen and oxygen atoms in total. The molecule has 0 bridgehead atoms. The molecule has 1 aromatic carbocycles. The Kier molecular flexibility index (Phi) is 2.05. The van der Waals surface area contributed by atoms with Gasteiger partial charge in [-0.2, -0.15) is 0 Å². The highest BCUT2D eigenvalue weighted by Gasteiger charge is 2.13. The maximum absolute atomic E-state index is 4.50. The second kappa shape index (κ2) is 3.21. The second-order valence-corrected chi connectivity index (χ2v) is 3.66.